The zero-order valence-corrected chi connectivity index (χ0v) is 13.7. The van der Waals surface area contributed by atoms with E-state index in [9.17, 15) is 12.8 Å². The van der Waals surface area contributed by atoms with Gasteiger partial charge in [-0.05, 0) is 43.7 Å². The third-order valence-electron chi connectivity index (χ3n) is 2.97. The molecule has 7 heteroatoms. The van der Waals surface area contributed by atoms with Crippen molar-refractivity contribution >= 4 is 22.2 Å². The fourth-order valence-corrected chi connectivity index (χ4v) is 2.94. The fourth-order valence-electron chi connectivity index (χ4n) is 1.52. The SMILES string of the molecule is CCC(C)S(=O)(=O)c1ccc(OCC(F)=CCN)cc1.Cl. The minimum absolute atomic E-state index is 0. The molecule has 0 amide bonds. The van der Waals surface area contributed by atoms with Crippen molar-refractivity contribution < 1.29 is 17.5 Å². The Labute approximate surface area is 131 Å². The lowest BCUT2D eigenvalue weighted by Gasteiger charge is -2.11. The number of benzene rings is 1. The van der Waals surface area contributed by atoms with Gasteiger partial charge in [-0.15, -0.1) is 12.4 Å². The highest BCUT2D eigenvalue weighted by Gasteiger charge is 2.21. The molecule has 2 N–H and O–H groups in total. The van der Waals surface area contributed by atoms with Crippen LogP contribution in [0.1, 0.15) is 20.3 Å². The molecule has 0 saturated heterocycles. The summed E-state index contributed by atoms with van der Waals surface area (Å²) in [6.07, 6.45) is 1.78. The number of hydrogen-bond donors (Lipinski definition) is 1. The van der Waals surface area contributed by atoms with Gasteiger partial charge in [0.25, 0.3) is 0 Å². The zero-order chi connectivity index (χ0) is 15.2. The molecule has 0 aliphatic carbocycles. The van der Waals surface area contributed by atoms with Gasteiger partial charge in [-0.25, -0.2) is 12.8 Å². The Hall–Kier alpha value is -1.11. The highest BCUT2D eigenvalue weighted by molar-refractivity contribution is 7.92. The molecule has 1 aromatic carbocycles. The van der Waals surface area contributed by atoms with Crippen molar-refractivity contribution in [1.29, 1.82) is 0 Å². The number of hydrogen-bond acceptors (Lipinski definition) is 4. The molecule has 0 heterocycles. The maximum Gasteiger partial charge on any atom is 0.180 e. The van der Waals surface area contributed by atoms with Gasteiger partial charge in [-0.1, -0.05) is 6.92 Å². The summed E-state index contributed by atoms with van der Waals surface area (Å²) in [4.78, 5) is 0.247. The lowest BCUT2D eigenvalue weighted by atomic mass is 10.3. The Bertz CT molecular complexity index is 558. The van der Waals surface area contributed by atoms with E-state index >= 15 is 0 Å². The molecule has 0 aliphatic heterocycles. The van der Waals surface area contributed by atoms with E-state index in [1.54, 1.807) is 6.92 Å². The van der Waals surface area contributed by atoms with Crippen LogP contribution in [0.15, 0.2) is 41.1 Å². The minimum atomic E-state index is -3.30. The number of halogens is 2. The molecule has 1 aromatic rings. The number of ether oxygens (including phenoxy) is 1. The third-order valence-corrected chi connectivity index (χ3v) is 5.29. The summed E-state index contributed by atoms with van der Waals surface area (Å²) in [6, 6.07) is 5.98. The summed E-state index contributed by atoms with van der Waals surface area (Å²) in [6.45, 7) is 3.40. The van der Waals surface area contributed by atoms with Crippen molar-refractivity contribution in [2.24, 2.45) is 5.73 Å². The van der Waals surface area contributed by atoms with E-state index in [2.05, 4.69) is 0 Å². The van der Waals surface area contributed by atoms with Crippen LogP contribution in [0.5, 0.6) is 5.75 Å². The van der Waals surface area contributed by atoms with Crippen molar-refractivity contribution in [2.75, 3.05) is 13.2 Å². The standard InChI is InChI=1S/C14H20FNO3S.ClH/c1-3-11(2)20(17,18)14-6-4-13(5-7-14)19-10-12(15)8-9-16;/h4-8,11H,3,9-10,16H2,1-2H3;1H. The van der Waals surface area contributed by atoms with Gasteiger partial charge >= 0.3 is 0 Å². The second-order valence-electron chi connectivity index (χ2n) is 4.41. The first kappa shape index (κ1) is 19.9. The number of nitrogens with two attached hydrogens (primary N) is 1. The summed E-state index contributed by atoms with van der Waals surface area (Å²) in [5, 5.41) is -0.431. The summed E-state index contributed by atoms with van der Waals surface area (Å²) < 4.78 is 42.5. The van der Waals surface area contributed by atoms with Crippen molar-refractivity contribution in [1.82, 2.24) is 0 Å². The molecule has 0 fully saturated rings. The summed E-state index contributed by atoms with van der Waals surface area (Å²) >= 11 is 0. The van der Waals surface area contributed by atoms with Crippen molar-refractivity contribution in [3.63, 3.8) is 0 Å². The van der Waals surface area contributed by atoms with E-state index < -0.39 is 20.9 Å². The molecule has 4 nitrogen and oxygen atoms in total. The summed E-state index contributed by atoms with van der Waals surface area (Å²) in [7, 11) is -3.30. The predicted octanol–water partition coefficient (Wildman–Crippen LogP) is 2.87. The molecule has 1 rings (SSSR count). The van der Waals surface area contributed by atoms with Crippen molar-refractivity contribution in [3.05, 3.63) is 36.2 Å². The first-order valence-electron chi connectivity index (χ1n) is 6.43. The Morgan fingerprint density at radius 2 is 1.95 bits per heavy atom. The van der Waals surface area contributed by atoms with Crippen molar-refractivity contribution in [3.8, 4) is 5.75 Å². The monoisotopic (exact) mass is 337 g/mol. The maximum atomic E-state index is 13.1. The lowest BCUT2D eigenvalue weighted by Crippen LogP contribution is -2.16. The molecular formula is C14H21ClFNO3S. The molecule has 0 saturated carbocycles. The maximum absolute atomic E-state index is 13.1. The molecule has 0 radical (unpaired) electrons. The van der Waals surface area contributed by atoms with Crippen LogP contribution in [0.2, 0.25) is 0 Å². The van der Waals surface area contributed by atoms with Crippen LogP contribution in [0.4, 0.5) is 4.39 Å². The molecule has 120 valence electrons. The van der Waals surface area contributed by atoms with Gasteiger partial charge in [0.1, 0.15) is 18.2 Å². The number of sulfone groups is 1. The van der Waals surface area contributed by atoms with E-state index in [0.29, 0.717) is 12.2 Å². The Morgan fingerprint density at radius 3 is 2.43 bits per heavy atom. The van der Waals surface area contributed by atoms with Gasteiger partial charge in [0, 0.05) is 6.54 Å². The molecule has 0 bridgehead atoms. The average Bonchev–Trinajstić information content (AvgIpc) is 2.45. The average molecular weight is 338 g/mol. The third kappa shape index (κ3) is 5.65. The van der Waals surface area contributed by atoms with Gasteiger partial charge in [0.15, 0.2) is 9.84 Å². The van der Waals surface area contributed by atoms with E-state index in [-0.39, 0.29) is 30.5 Å². The first-order chi connectivity index (χ1) is 9.41. The van der Waals surface area contributed by atoms with Crippen LogP contribution < -0.4 is 10.5 Å². The Balaban J connectivity index is 0.00000400. The van der Waals surface area contributed by atoms with Gasteiger partial charge in [0.2, 0.25) is 0 Å². The first-order valence-corrected chi connectivity index (χ1v) is 7.97. The Kier molecular flexibility index (Phi) is 8.54. The van der Waals surface area contributed by atoms with E-state index in [0.717, 1.165) is 0 Å². The Morgan fingerprint density at radius 1 is 1.38 bits per heavy atom. The minimum Gasteiger partial charge on any atom is -0.487 e. The topological polar surface area (TPSA) is 69.4 Å². The molecule has 1 atom stereocenters. The molecule has 0 aromatic heterocycles. The number of rotatable bonds is 7. The highest BCUT2D eigenvalue weighted by Crippen LogP contribution is 2.21. The van der Waals surface area contributed by atoms with Crippen LogP contribution in [-0.2, 0) is 9.84 Å². The van der Waals surface area contributed by atoms with Crippen LogP contribution in [0, 0.1) is 0 Å². The van der Waals surface area contributed by atoms with E-state index in [1.165, 1.54) is 30.3 Å². The van der Waals surface area contributed by atoms with Crippen LogP contribution in [-0.4, -0.2) is 26.8 Å². The molecular weight excluding hydrogens is 317 g/mol. The smallest absolute Gasteiger partial charge is 0.180 e. The van der Waals surface area contributed by atoms with Gasteiger partial charge < -0.3 is 10.5 Å². The second-order valence-corrected chi connectivity index (χ2v) is 6.78. The zero-order valence-electron chi connectivity index (χ0n) is 12.1. The molecule has 1 unspecified atom stereocenters. The highest BCUT2D eigenvalue weighted by atomic mass is 35.5. The summed E-state index contributed by atoms with van der Waals surface area (Å²) in [5.41, 5.74) is 5.17. The summed E-state index contributed by atoms with van der Waals surface area (Å²) in [5.74, 6) is -0.0440. The molecule has 0 spiro atoms. The predicted molar refractivity (Wildman–Crippen MR) is 84.4 cm³/mol. The van der Waals surface area contributed by atoms with Gasteiger partial charge in [-0.3, -0.25) is 0 Å². The molecule has 21 heavy (non-hydrogen) atoms. The lowest BCUT2D eigenvalue weighted by molar-refractivity contribution is 0.318. The normalized spacial score (nSPS) is 13.4. The quantitative estimate of drug-likeness (QED) is 0.830. The van der Waals surface area contributed by atoms with E-state index in [4.69, 9.17) is 10.5 Å². The van der Waals surface area contributed by atoms with Crippen LogP contribution in [0.3, 0.4) is 0 Å². The fraction of sp³-hybridized carbons (Fsp3) is 0.429. The van der Waals surface area contributed by atoms with Gasteiger partial charge in [-0.2, -0.15) is 0 Å². The molecule has 0 aliphatic rings. The van der Waals surface area contributed by atoms with Gasteiger partial charge in [0.05, 0.1) is 10.1 Å². The van der Waals surface area contributed by atoms with Crippen LogP contribution >= 0.6 is 12.4 Å². The van der Waals surface area contributed by atoms with Crippen molar-refractivity contribution in [2.45, 2.75) is 30.4 Å². The van der Waals surface area contributed by atoms with Crippen LogP contribution in [0.25, 0.3) is 0 Å². The largest absolute Gasteiger partial charge is 0.487 e. The second kappa shape index (κ2) is 9.02. The van der Waals surface area contributed by atoms with E-state index in [1.807, 2.05) is 6.92 Å².